The third-order valence-electron chi connectivity index (χ3n) is 4.28. The van der Waals surface area contributed by atoms with E-state index in [1.54, 1.807) is 19.1 Å². The zero-order valence-corrected chi connectivity index (χ0v) is 13.7. The van der Waals surface area contributed by atoms with Gasteiger partial charge in [0.25, 0.3) is 5.69 Å². The Morgan fingerprint density at radius 3 is 2.65 bits per heavy atom. The lowest BCUT2D eigenvalue weighted by atomic mass is 9.93. The first-order valence-electron chi connectivity index (χ1n) is 7.80. The van der Waals surface area contributed by atoms with E-state index in [4.69, 9.17) is 9.47 Å². The van der Waals surface area contributed by atoms with Gasteiger partial charge in [0.2, 0.25) is 6.79 Å². The van der Waals surface area contributed by atoms with Gasteiger partial charge in [0, 0.05) is 29.2 Å². The van der Waals surface area contributed by atoms with Crippen LogP contribution < -0.4 is 9.47 Å². The summed E-state index contributed by atoms with van der Waals surface area (Å²) in [6, 6.07) is 10.4. The molecule has 0 atom stereocenters. The number of hydrogen-bond donors (Lipinski definition) is 0. The zero-order valence-electron chi connectivity index (χ0n) is 13.7. The minimum absolute atomic E-state index is 0.0371. The van der Waals surface area contributed by atoms with Crippen LogP contribution in [0, 0.1) is 28.4 Å². The second kappa shape index (κ2) is 5.97. The minimum atomic E-state index is -0.425. The lowest BCUT2D eigenvalue weighted by Gasteiger charge is -2.11. The smallest absolute Gasteiger partial charge is 0.272 e. The summed E-state index contributed by atoms with van der Waals surface area (Å²) >= 11 is 0. The van der Waals surface area contributed by atoms with Crippen molar-refractivity contribution in [2.75, 3.05) is 6.79 Å². The summed E-state index contributed by atoms with van der Waals surface area (Å²) in [4.78, 5) is 10.6. The van der Waals surface area contributed by atoms with E-state index < -0.39 is 4.92 Å². The first-order chi connectivity index (χ1) is 12.6. The van der Waals surface area contributed by atoms with Crippen molar-refractivity contribution in [3.63, 3.8) is 0 Å². The maximum absolute atomic E-state index is 11.1. The molecule has 2 aliphatic heterocycles. The molecule has 0 aliphatic carbocycles. The summed E-state index contributed by atoms with van der Waals surface area (Å²) in [5.74, 6) is 1.21. The molecule has 0 bridgehead atoms. The lowest BCUT2D eigenvalue weighted by molar-refractivity contribution is -0.385. The Balaban J connectivity index is 1.89. The van der Waals surface area contributed by atoms with Crippen molar-refractivity contribution in [1.29, 1.82) is 5.26 Å². The number of ether oxygens (including phenoxy) is 2. The predicted molar refractivity (Wildman–Crippen MR) is 92.8 cm³/mol. The molecule has 8 heteroatoms. The van der Waals surface area contributed by atoms with Gasteiger partial charge < -0.3 is 9.47 Å². The highest BCUT2D eigenvalue weighted by molar-refractivity contribution is 6.16. The van der Waals surface area contributed by atoms with E-state index >= 15 is 0 Å². The fourth-order valence-corrected chi connectivity index (χ4v) is 3.01. The maximum atomic E-state index is 11.1. The van der Waals surface area contributed by atoms with Gasteiger partial charge in [0.15, 0.2) is 11.5 Å². The highest BCUT2D eigenvalue weighted by Crippen LogP contribution is 2.37. The highest BCUT2D eigenvalue weighted by atomic mass is 16.7. The molecule has 0 radical (unpaired) electrons. The van der Waals surface area contributed by atoms with E-state index in [0.29, 0.717) is 34.8 Å². The molecule has 2 aromatic carbocycles. The number of nitro benzene ring substituents is 1. The van der Waals surface area contributed by atoms with E-state index in [2.05, 4.69) is 10.2 Å². The van der Waals surface area contributed by atoms with E-state index in [9.17, 15) is 15.4 Å². The Labute approximate surface area is 148 Å². The van der Waals surface area contributed by atoms with E-state index in [1.807, 2.05) is 18.2 Å². The van der Waals surface area contributed by atoms with Crippen LogP contribution in [-0.4, -0.2) is 23.1 Å². The molecular weight excluding hydrogens is 336 g/mol. The Kier molecular flexibility index (Phi) is 3.62. The molecule has 0 aromatic heterocycles. The lowest BCUT2D eigenvalue weighted by Crippen LogP contribution is -2.08. The first kappa shape index (κ1) is 15.8. The molecule has 0 unspecified atom stereocenters. The quantitative estimate of drug-likeness (QED) is 0.612. The second-order valence-electron chi connectivity index (χ2n) is 5.90. The Morgan fingerprint density at radius 2 is 1.96 bits per heavy atom. The number of aryl methyl sites for hydroxylation is 1. The van der Waals surface area contributed by atoms with Gasteiger partial charge in [-0.2, -0.15) is 5.26 Å². The van der Waals surface area contributed by atoms with Crippen LogP contribution in [0.3, 0.4) is 0 Å². The van der Waals surface area contributed by atoms with Crippen molar-refractivity contribution < 1.29 is 14.4 Å². The number of nitrogens with zero attached hydrogens (tertiary/aromatic N) is 4. The van der Waals surface area contributed by atoms with Crippen LogP contribution in [0.5, 0.6) is 11.5 Å². The van der Waals surface area contributed by atoms with Crippen LogP contribution in [0.4, 0.5) is 5.69 Å². The molecule has 0 N–H and O–H groups in total. The molecule has 0 spiro atoms. The normalized spacial score (nSPS) is 14.6. The topological polar surface area (TPSA) is 110 Å². The molecule has 0 saturated heterocycles. The number of benzene rings is 2. The average Bonchev–Trinajstić information content (AvgIpc) is 2.99. The summed E-state index contributed by atoms with van der Waals surface area (Å²) in [6.45, 7) is 1.81. The number of rotatable bonds is 2. The molecule has 2 aromatic rings. The highest BCUT2D eigenvalue weighted by Gasteiger charge is 2.24. The molecule has 26 heavy (non-hydrogen) atoms. The monoisotopic (exact) mass is 348 g/mol. The fraction of sp³-hybridized carbons (Fsp3) is 0.167. The third-order valence-corrected chi connectivity index (χ3v) is 4.28. The minimum Gasteiger partial charge on any atom is -0.454 e. The van der Waals surface area contributed by atoms with Crippen LogP contribution in [0.1, 0.15) is 22.3 Å². The van der Waals surface area contributed by atoms with Gasteiger partial charge in [0.05, 0.1) is 4.92 Å². The molecule has 8 nitrogen and oxygen atoms in total. The largest absolute Gasteiger partial charge is 0.454 e. The predicted octanol–water partition coefficient (Wildman–Crippen LogP) is 2.91. The molecule has 0 saturated carbocycles. The number of hydrogen-bond acceptors (Lipinski definition) is 7. The van der Waals surface area contributed by atoms with Crippen LogP contribution in [-0.2, 0) is 6.42 Å². The van der Waals surface area contributed by atoms with Crippen LogP contribution in [0.15, 0.2) is 40.5 Å². The molecular formula is C18H12N4O4. The van der Waals surface area contributed by atoms with Gasteiger partial charge in [-0.3, -0.25) is 10.1 Å². The molecule has 0 amide bonds. The number of nitriles is 1. The summed E-state index contributed by atoms with van der Waals surface area (Å²) in [5, 5.41) is 28.6. The fourth-order valence-electron chi connectivity index (χ4n) is 3.01. The van der Waals surface area contributed by atoms with Crippen LogP contribution in [0.25, 0.3) is 0 Å². The second-order valence-corrected chi connectivity index (χ2v) is 5.90. The van der Waals surface area contributed by atoms with E-state index in [0.717, 1.165) is 11.1 Å². The Bertz CT molecular complexity index is 1050. The Hall–Kier alpha value is -3.73. The van der Waals surface area contributed by atoms with Crippen molar-refractivity contribution >= 4 is 17.1 Å². The Morgan fingerprint density at radius 1 is 1.19 bits per heavy atom. The molecule has 0 fully saturated rings. The summed E-state index contributed by atoms with van der Waals surface area (Å²) in [7, 11) is 0. The van der Waals surface area contributed by atoms with E-state index in [-0.39, 0.29) is 18.2 Å². The van der Waals surface area contributed by atoms with Gasteiger partial charge in [-0.15, -0.1) is 10.2 Å². The molecule has 128 valence electrons. The molecule has 2 aliphatic rings. The SMILES string of the molecule is Cc1cc(C2=NN=C(C#N)Cc3cc4c(cc32)OCO4)ccc1[N+](=O)[O-]. The summed E-state index contributed by atoms with van der Waals surface area (Å²) in [5.41, 5.74) is 3.64. The number of nitro groups is 1. The number of fused-ring (bicyclic) bond motifs is 2. The summed E-state index contributed by atoms with van der Waals surface area (Å²) < 4.78 is 10.9. The van der Waals surface area contributed by atoms with Crippen molar-refractivity contribution in [1.82, 2.24) is 0 Å². The zero-order chi connectivity index (χ0) is 18.3. The van der Waals surface area contributed by atoms with Gasteiger partial charge in [0.1, 0.15) is 17.5 Å². The maximum Gasteiger partial charge on any atom is 0.272 e. The van der Waals surface area contributed by atoms with Gasteiger partial charge >= 0.3 is 0 Å². The van der Waals surface area contributed by atoms with Gasteiger partial charge in [-0.25, -0.2) is 0 Å². The standard InChI is InChI=1S/C18H12N4O4/c1-10-4-11(2-3-15(10)22(23)24)18-14-7-17-16(25-9-26-17)6-12(14)5-13(8-19)20-21-18/h2-4,6-7H,5,9H2,1H3. The van der Waals surface area contributed by atoms with Crippen molar-refractivity contribution in [3.8, 4) is 17.6 Å². The van der Waals surface area contributed by atoms with Gasteiger partial charge in [-0.05, 0) is 36.8 Å². The molecule has 2 heterocycles. The molecule has 4 rings (SSSR count). The van der Waals surface area contributed by atoms with Crippen molar-refractivity contribution in [2.45, 2.75) is 13.3 Å². The van der Waals surface area contributed by atoms with Crippen molar-refractivity contribution in [2.24, 2.45) is 10.2 Å². The first-order valence-corrected chi connectivity index (χ1v) is 7.80. The van der Waals surface area contributed by atoms with Crippen LogP contribution in [0.2, 0.25) is 0 Å². The third kappa shape index (κ3) is 2.56. The van der Waals surface area contributed by atoms with Gasteiger partial charge in [-0.1, -0.05) is 0 Å². The van der Waals surface area contributed by atoms with Crippen LogP contribution >= 0.6 is 0 Å². The average molecular weight is 348 g/mol. The van der Waals surface area contributed by atoms with Crippen molar-refractivity contribution in [3.05, 3.63) is 62.7 Å². The van der Waals surface area contributed by atoms with E-state index in [1.165, 1.54) is 6.07 Å². The summed E-state index contributed by atoms with van der Waals surface area (Å²) in [6.07, 6.45) is 0.321.